The summed E-state index contributed by atoms with van der Waals surface area (Å²) in [4.78, 5) is 24.4. The van der Waals surface area contributed by atoms with Crippen LogP contribution in [-0.4, -0.2) is 36.4 Å². The van der Waals surface area contributed by atoms with Crippen molar-refractivity contribution >= 4 is 11.9 Å². The first-order valence-corrected chi connectivity index (χ1v) is 29.2. The minimum Gasteiger partial charge on any atom is -0.462 e. The predicted octanol–water partition coefficient (Wildman–Crippen LogP) is 19.5. The number of rotatable bonds is 55. The second-order valence-electron chi connectivity index (χ2n) is 20.1. The molecule has 64 heavy (non-hydrogen) atoms. The van der Waals surface area contributed by atoms with E-state index in [4.69, 9.17) is 9.47 Å². The van der Waals surface area contributed by atoms with Crippen molar-refractivity contribution in [2.24, 2.45) is 0 Å². The van der Waals surface area contributed by atoms with Gasteiger partial charge in [-0.1, -0.05) is 296 Å². The third-order valence-electron chi connectivity index (χ3n) is 13.6. The lowest BCUT2D eigenvalue weighted by molar-refractivity contribution is -0.161. The molecule has 0 spiro atoms. The van der Waals surface area contributed by atoms with Crippen LogP contribution in [0.4, 0.5) is 0 Å². The average Bonchev–Trinajstić information content (AvgIpc) is 3.30. The number of carbonyl (C=O) groups is 2. The highest BCUT2D eigenvalue weighted by molar-refractivity contribution is 5.70. The lowest BCUT2D eigenvalue weighted by Crippen LogP contribution is -2.28. The highest BCUT2D eigenvalue weighted by atomic mass is 16.6. The summed E-state index contributed by atoms with van der Waals surface area (Å²) in [5.74, 6) is -0.584. The van der Waals surface area contributed by atoms with Crippen LogP contribution in [0.5, 0.6) is 0 Å². The molecule has 0 amide bonds. The molecule has 0 saturated carbocycles. The molecule has 0 aliphatic heterocycles. The van der Waals surface area contributed by atoms with Crippen LogP contribution in [0.25, 0.3) is 0 Å². The van der Waals surface area contributed by atoms with Crippen LogP contribution in [0.3, 0.4) is 0 Å². The van der Waals surface area contributed by atoms with Crippen LogP contribution >= 0.6 is 0 Å². The van der Waals surface area contributed by atoms with Crippen molar-refractivity contribution in [3.8, 4) is 0 Å². The van der Waals surface area contributed by atoms with Crippen molar-refractivity contribution in [2.45, 2.75) is 341 Å². The first-order valence-electron chi connectivity index (χ1n) is 29.2. The van der Waals surface area contributed by atoms with E-state index in [-0.39, 0.29) is 25.2 Å². The molecule has 380 valence electrons. The third-order valence-corrected chi connectivity index (χ3v) is 13.6. The van der Waals surface area contributed by atoms with Gasteiger partial charge in [-0.15, -0.1) is 0 Å². The molecular weight excluding hydrogens is 789 g/mol. The fourth-order valence-electron chi connectivity index (χ4n) is 9.14. The van der Waals surface area contributed by atoms with Crippen molar-refractivity contribution < 1.29 is 24.2 Å². The van der Waals surface area contributed by atoms with Gasteiger partial charge in [0.25, 0.3) is 0 Å². The monoisotopic (exact) mass is 903 g/mol. The van der Waals surface area contributed by atoms with Gasteiger partial charge in [-0.2, -0.15) is 0 Å². The number of hydrogen-bond acceptors (Lipinski definition) is 5. The molecule has 1 atom stereocenters. The number of carbonyl (C=O) groups excluding carboxylic acids is 2. The van der Waals surface area contributed by atoms with E-state index in [1.807, 2.05) is 0 Å². The second kappa shape index (κ2) is 56.0. The summed E-state index contributed by atoms with van der Waals surface area (Å²) in [5, 5.41) is 9.60. The molecular formula is C59H114O5. The smallest absolute Gasteiger partial charge is 0.306 e. The lowest BCUT2D eigenvalue weighted by atomic mass is 10.0. The molecule has 0 saturated heterocycles. The average molecular weight is 904 g/mol. The summed E-state index contributed by atoms with van der Waals surface area (Å²) >= 11 is 0. The van der Waals surface area contributed by atoms with Crippen LogP contribution in [0.1, 0.15) is 335 Å². The molecule has 0 aliphatic rings. The fraction of sp³-hybridized carbons (Fsp3) is 0.932. The number of esters is 2. The molecule has 1 N–H and O–H groups in total. The molecule has 0 aromatic heterocycles. The predicted molar refractivity (Wildman–Crippen MR) is 279 cm³/mol. The second-order valence-corrected chi connectivity index (χ2v) is 20.1. The standard InChI is InChI=1S/C59H114O5/c1-3-5-7-9-11-13-15-17-18-19-20-21-22-23-24-25-26-27-28-29-30-31-32-33-34-35-36-37-38-39-40-41-42-44-45-47-49-51-53-58(61)63-56-57(55-60)64-59(62)54-52-50-48-46-43-16-14-12-10-8-6-4-2/h12,14,57,60H,3-11,13,15-56H2,1-2H3/b14-12-. The van der Waals surface area contributed by atoms with Gasteiger partial charge in [0.15, 0.2) is 6.10 Å². The van der Waals surface area contributed by atoms with Gasteiger partial charge in [0.2, 0.25) is 0 Å². The van der Waals surface area contributed by atoms with Gasteiger partial charge in [0, 0.05) is 12.8 Å². The van der Waals surface area contributed by atoms with E-state index in [9.17, 15) is 14.7 Å². The van der Waals surface area contributed by atoms with Crippen molar-refractivity contribution in [3.05, 3.63) is 12.2 Å². The van der Waals surface area contributed by atoms with Gasteiger partial charge >= 0.3 is 11.9 Å². The van der Waals surface area contributed by atoms with Gasteiger partial charge in [-0.25, -0.2) is 0 Å². The van der Waals surface area contributed by atoms with E-state index in [0.717, 1.165) is 38.5 Å². The first-order chi connectivity index (χ1) is 31.6. The Kier molecular flexibility index (Phi) is 54.8. The van der Waals surface area contributed by atoms with E-state index < -0.39 is 6.10 Å². The van der Waals surface area contributed by atoms with E-state index in [2.05, 4.69) is 26.0 Å². The molecule has 0 radical (unpaired) electrons. The zero-order chi connectivity index (χ0) is 46.3. The summed E-state index contributed by atoms with van der Waals surface area (Å²) in [7, 11) is 0. The van der Waals surface area contributed by atoms with E-state index >= 15 is 0 Å². The summed E-state index contributed by atoms with van der Waals surface area (Å²) in [6.07, 6.45) is 69.5. The normalized spacial score (nSPS) is 12.1. The highest BCUT2D eigenvalue weighted by Crippen LogP contribution is 2.18. The van der Waals surface area contributed by atoms with Crippen LogP contribution in [0.2, 0.25) is 0 Å². The van der Waals surface area contributed by atoms with Crippen LogP contribution in [0.15, 0.2) is 12.2 Å². The van der Waals surface area contributed by atoms with E-state index in [1.54, 1.807) is 0 Å². The van der Waals surface area contributed by atoms with Gasteiger partial charge in [0.05, 0.1) is 6.61 Å². The third kappa shape index (κ3) is 53.3. The summed E-state index contributed by atoms with van der Waals surface area (Å²) in [6, 6.07) is 0. The number of unbranched alkanes of at least 4 members (excludes halogenated alkanes) is 45. The van der Waals surface area contributed by atoms with E-state index in [0.29, 0.717) is 12.8 Å². The largest absolute Gasteiger partial charge is 0.462 e. The van der Waals surface area contributed by atoms with Gasteiger partial charge in [0.1, 0.15) is 6.61 Å². The van der Waals surface area contributed by atoms with Gasteiger partial charge < -0.3 is 14.6 Å². The minimum absolute atomic E-state index is 0.0627. The molecule has 0 aliphatic carbocycles. The van der Waals surface area contributed by atoms with Crippen LogP contribution in [0, 0.1) is 0 Å². The molecule has 0 fully saturated rings. The Morgan fingerprint density at radius 2 is 0.578 bits per heavy atom. The number of ether oxygens (including phenoxy) is 2. The SMILES string of the molecule is CCCCC/C=C\CCCCCCCC(=O)OC(CO)COC(=O)CCCCCCCCCCCCCCCCCCCCCCCCCCCCCCCCCCCCCCCC. The molecule has 0 bridgehead atoms. The highest BCUT2D eigenvalue weighted by Gasteiger charge is 2.16. The molecule has 1 unspecified atom stereocenters. The van der Waals surface area contributed by atoms with Crippen molar-refractivity contribution in [1.29, 1.82) is 0 Å². The van der Waals surface area contributed by atoms with Gasteiger partial charge in [-0.3, -0.25) is 9.59 Å². The Balaban J connectivity index is 3.31. The molecule has 5 heteroatoms. The topological polar surface area (TPSA) is 72.8 Å². The number of aliphatic hydroxyl groups is 1. The zero-order valence-corrected chi connectivity index (χ0v) is 43.6. The maximum atomic E-state index is 12.2. The first kappa shape index (κ1) is 62.6. The number of hydrogen-bond donors (Lipinski definition) is 1. The van der Waals surface area contributed by atoms with Crippen molar-refractivity contribution in [2.75, 3.05) is 13.2 Å². The van der Waals surface area contributed by atoms with Crippen LogP contribution in [-0.2, 0) is 19.1 Å². The number of allylic oxidation sites excluding steroid dienone is 2. The van der Waals surface area contributed by atoms with Crippen LogP contribution < -0.4 is 0 Å². The molecule has 0 aromatic rings. The zero-order valence-electron chi connectivity index (χ0n) is 43.6. The van der Waals surface area contributed by atoms with Crippen molar-refractivity contribution in [3.63, 3.8) is 0 Å². The Labute approximate surface area is 401 Å². The molecule has 0 heterocycles. The maximum Gasteiger partial charge on any atom is 0.306 e. The number of aliphatic hydroxyl groups excluding tert-OH is 1. The summed E-state index contributed by atoms with van der Waals surface area (Å²) in [5.41, 5.74) is 0. The molecule has 0 rings (SSSR count). The Hall–Kier alpha value is -1.36. The Bertz CT molecular complexity index is 932. The summed E-state index contributed by atoms with van der Waals surface area (Å²) in [6.45, 7) is 4.15. The Morgan fingerprint density at radius 1 is 0.344 bits per heavy atom. The van der Waals surface area contributed by atoms with Gasteiger partial charge in [-0.05, 0) is 38.5 Å². The minimum atomic E-state index is -0.770. The quantitative estimate of drug-likeness (QED) is 0.0374. The Morgan fingerprint density at radius 3 is 0.875 bits per heavy atom. The fourth-order valence-corrected chi connectivity index (χ4v) is 9.14. The molecule has 0 aromatic carbocycles. The lowest BCUT2D eigenvalue weighted by Gasteiger charge is -2.15. The maximum absolute atomic E-state index is 12.2. The van der Waals surface area contributed by atoms with E-state index in [1.165, 1.54) is 270 Å². The molecule has 5 nitrogen and oxygen atoms in total. The van der Waals surface area contributed by atoms with Crippen molar-refractivity contribution in [1.82, 2.24) is 0 Å². The summed E-state index contributed by atoms with van der Waals surface area (Å²) < 4.78 is 10.7.